The van der Waals surface area contributed by atoms with E-state index in [4.69, 9.17) is 33.7 Å². The van der Waals surface area contributed by atoms with Gasteiger partial charge in [-0.3, -0.25) is 4.79 Å². The van der Waals surface area contributed by atoms with Gasteiger partial charge in [0.15, 0.2) is 0 Å². The number of benzene rings is 2. The molecule has 0 radical (unpaired) electrons. The Morgan fingerprint density at radius 1 is 1.07 bits per heavy atom. The fourth-order valence-corrected chi connectivity index (χ4v) is 3.94. The largest absolute Gasteiger partial charge is 0.361 e. The molecule has 3 atom stereocenters. The van der Waals surface area contributed by atoms with E-state index >= 15 is 0 Å². The maximum absolute atomic E-state index is 12.8. The summed E-state index contributed by atoms with van der Waals surface area (Å²) in [4.78, 5) is 14.8. The molecular weight excluding hydrogens is 383 g/mol. The molecule has 1 aliphatic rings. The van der Waals surface area contributed by atoms with Gasteiger partial charge in [0.1, 0.15) is 12.7 Å². The molecule has 1 saturated heterocycles. The Labute approximate surface area is 170 Å². The third-order valence-electron chi connectivity index (χ3n) is 4.96. The van der Waals surface area contributed by atoms with Crippen LogP contribution in [0.3, 0.4) is 0 Å². The molecule has 1 amide bonds. The first-order chi connectivity index (χ1) is 13.0. The Morgan fingerprint density at radius 2 is 1.63 bits per heavy atom. The number of nitrogens with zero attached hydrogens (tertiary/aromatic N) is 1. The van der Waals surface area contributed by atoms with Crippen LogP contribution in [0.1, 0.15) is 43.0 Å². The van der Waals surface area contributed by atoms with Crippen LogP contribution in [0, 0.1) is 0 Å². The first-order valence-electron chi connectivity index (χ1n) is 9.19. The molecule has 0 aromatic heterocycles. The summed E-state index contributed by atoms with van der Waals surface area (Å²) in [6.07, 6.45) is 1.50. The van der Waals surface area contributed by atoms with Crippen LogP contribution in [0.25, 0.3) is 0 Å². The van der Waals surface area contributed by atoms with Gasteiger partial charge in [-0.2, -0.15) is 0 Å². The predicted octanol–water partition coefficient (Wildman–Crippen LogP) is 4.76. The highest BCUT2D eigenvalue weighted by Gasteiger charge is 2.41. The van der Waals surface area contributed by atoms with Crippen molar-refractivity contribution < 1.29 is 9.53 Å². The Hall–Kier alpha value is -1.59. The van der Waals surface area contributed by atoms with Gasteiger partial charge < -0.3 is 15.4 Å². The smallest absolute Gasteiger partial charge is 0.249 e. The zero-order valence-corrected chi connectivity index (χ0v) is 16.8. The zero-order chi connectivity index (χ0) is 19.4. The number of morpholine rings is 1. The molecule has 2 aromatic carbocycles. The number of amides is 1. The molecule has 6 heteroatoms. The third kappa shape index (κ3) is 4.46. The Morgan fingerprint density at radius 3 is 2.15 bits per heavy atom. The molecule has 1 fully saturated rings. The van der Waals surface area contributed by atoms with E-state index in [-0.39, 0.29) is 30.7 Å². The average Bonchev–Trinajstić information content (AvgIpc) is 2.68. The molecule has 1 heterocycles. The van der Waals surface area contributed by atoms with Crippen molar-refractivity contribution in [2.75, 3.05) is 13.2 Å². The summed E-state index contributed by atoms with van der Waals surface area (Å²) in [7, 11) is 0. The standard InChI is InChI=1S/C21H24Cl2N2O2/c1-2-3-18(12-24)25-19(26)13-27-21(15-6-10-17(23)11-7-15)20(25)14-4-8-16(22)9-5-14/h4-11,18,20-21H,2-3,12-13,24H2,1H3/t18-,20-,21+/m1/s1. The minimum Gasteiger partial charge on any atom is -0.361 e. The van der Waals surface area contributed by atoms with Gasteiger partial charge >= 0.3 is 0 Å². The van der Waals surface area contributed by atoms with Crippen LogP contribution in [-0.4, -0.2) is 30.0 Å². The lowest BCUT2D eigenvalue weighted by atomic mass is 9.91. The molecule has 0 aliphatic carbocycles. The van der Waals surface area contributed by atoms with Crippen molar-refractivity contribution in [2.24, 2.45) is 5.73 Å². The van der Waals surface area contributed by atoms with Crippen LogP contribution in [-0.2, 0) is 9.53 Å². The number of hydrogen-bond acceptors (Lipinski definition) is 3. The van der Waals surface area contributed by atoms with Crippen LogP contribution in [0.2, 0.25) is 10.0 Å². The maximum Gasteiger partial charge on any atom is 0.249 e. The van der Waals surface area contributed by atoms with E-state index in [1.807, 2.05) is 53.4 Å². The Kier molecular flexibility index (Phi) is 6.77. The summed E-state index contributed by atoms with van der Waals surface area (Å²) in [6, 6.07) is 14.8. The molecule has 4 nitrogen and oxygen atoms in total. The van der Waals surface area contributed by atoms with E-state index in [1.165, 1.54) is 0 Å². The fraction of sp³-hybridized carbons (Fsp3) is 0.381. The number of carbonyl (C=O) groups excluding carboxylic acids is 1. The second kappa shape index (κ2) is 9.07. The Balaban J connectivity index is 2.07. The number of carbonyl (C=O) groups is 1. The zero-order valence-electron chi connectivity index (χ0n) is 15.3. The van der Waals surface area contributed by atoms with Crippen LogP contribution < -0.4 is 5.73 Å². The lowest BCUT2D eigenvalue weighted by molar-refractivity contribution is -0.163. The molecule has 0 spiro atoms. The van der Waals surface area contributed by atoms with Crippen molar-refractivity contribution >= 4 is 29.1 Å². The third-order valence-corrected chi connectivity index (χ3v) is 5.46. The van der Waals surface area contributed by atoms with Gasteiger partial charge in [0.25, 0.3) is 0 Å². The normalized spacial score (nSPS) is 21.3. The SMILES string of the molecule is CCC[C@H](CN)N1C(=O)CO[C@@H](c2ccc(Cl)cc2)[C@H]1c1ccc(Cl)cc1. The summed E-state index contributed by atoms with van der Waals surface area (Å²) in [5.41, 5.74) is 8.00. The lowest BCUT2D eigenvalue weighted by Crippen LogP contribution is -2.53. The van der Waals surface area contributed by atoms with Gasteiger partial charge in [0, 0.05) is 22.6 Å². The van der Waals surface area contributed by atoms with Crippen LogP contribution in [0.15, 0.2) is 48.5 Å². The van der Waals surface area contributed by atoms with Crippen molar-refractivity contribution in [1.82, 2.24) is 4.90 Å². The molecule has 0 bridgehead atoms. The molecule has 3 rings (SSSR count). The first-order valence-corrected chi connectivity index (χ1v) is 9.94. The molecular formula is C21H24Cl2N2O2. The summed E-state index contributed by atoms with van der Waals surface area (Å²) in [5, 5.41) is 1.32. The van der Waals surface area contributed by atoms with Crippen molar-refractivity contribution in [3.8, 4) is 0 Å². The number of ether oxygens (including phenoxy) is 1. The van der Waals surface area contributed by atoms with Gasteiger partial charge in [0.2, 0.25) is 5.91 Å². The van der Waals surface area contributed by atoms with E-state index < -0.39 is 0 Å². The summed E-state index contributed by atoms with van der Waals surface area (Å²) in [6.45, 7) is 2.55. The minimum absolute atomic E-state index is 0.0379. The van der Waals surface area contributed by atoms with E-state index in [0.717, 1.165) is 24.0 Å². The van der Waals surface area contributed by atoms with Crippen molar-refractivity contribution in [3.05, 3.63) is 69.7 Å². The summed E-state index contributed by atoms with van der Waals surface area (Å²) < 4.78 is 6.01. The van der Waals surface area contributed by atoms with Crippen molar-refractivity contribution in [3.63, 3.8) is 0 Å². The van der Waals surface area contributed by atoms with Gasteiger partial charge in [-0.1, -0.05) is 60.8 Å². The Bertz CT molecular complexity index is 765. The number of nitrogens with two attached hydrogens (primary N) is 1. The highest BCUT2D eigenvalue weighted by Crippen LogP contribution is 2.42. The quantitative estimate of drug-likeness (QED) is 0.751. The maximum atomic E-state index is 12.8. The van der Waals surface area contributed by atoms with Gasteiger partial charge in [-0.25, -0.2) is 0 Å². The molecule has 0 saturated carbocycles. The highest BCUT2D eigenvalue weighted by molar-refractivity contribution is 6.30. The van der Waals surface area contributed by atoms with Gasteiger partial charge in [-0.15, -0.1) is 0 Å². The molecule has 1 aliphatic heterocycles. The van der Waals surface area contributed by atoms with E-state index in [2.05, 4.69) is 6.92 Å². The van der Waals surface area contributed by atoms with Gasteiger partial charge in [0.05, 0.1) is 6.04 Å². The topological polar surface area (TPSA) is 55.6 Å². The second-order valence-electron chi connectivity index (χ2n) is 6.76. The molecule has 0 unspecified atom stereocenters. The summed E-state index contributed by atoms with van der Waals surface area (Å²) in [5.74, 6) is -0.0379. The highest BCUT2D eigenvalue weighted by atomic mass is 35.5. The average molecular weight is 407 g/mol. The van der Waals surface area contributed by atoms with Crippen molar-refractivity contribution in [2.45, 2.75) is 38.0 Å². The second-order valence-corrected chi connectivity index (χ2v) is 7.63. The molecule has 27 heavy (non-hydrogen) atoms. The monoisotopic (exact) mass is 406 g/mol. The van der Waals surface area contributed by atoms with Crippen LogP contribution in [0.4, 0.5) is 0 Å². The first kappa shape index (κ1) is 20.2. The van der Waals surface area contributed by atoms with Crippen LogP contribution in [0.5, 0.6) is 0 Å². The molecule has 2 N–H and O–H groups in total. The fourth-order valence-electron chi connectivity index (χ4n) is 3.69. The number of rotatable bonds is 6. The predicted molar refractivity (Wildman–Crippen MR) is 109 cm³/mol. The number of hydrogen-bond donors (Lipinski definition) is 1. The minimum atomic E-state index is -0.299. The number of halogens is 2. The lowest BCUT2D eigenvalue weighted by Gasteiger charge is -2.45. The van der Waals surface area contributed by atoms with E-state index in [9.17, 15) is 4.79 Å². The van der Waals surface area contributed by atoms with E-state index in [1.54, 1.807) is 0 Å². The molecule has 2 aromatic rings. The van der Waals surface area contributed by atoms with Crippen molar-refractivity contribution in [1.29, 1.82) is 0 Å². The van der Waals surface area contributed by atoms with Crippen LogP contribution >= 0.6 is 23.2 Å². The summed E-state index contributed by atoms with van der Waals surface area (Å²) >= 11 is 12.1. The molecule has 144 valence electrons. The van der Waals surface area contributed by atoms with Gasteiger partial charge in [-0.05, 0) is 41.8 Å². The van der Waals surface area contributed by atoms with E-state index in [0.29, 0.717) is 16.6 Å².